The first-order valence-electron chi connectivity index (χ1n) is 7.60. The smallest absolute Gasteiger partial charge is 0.393 e. The van der Waals surface area contributed by atoms with Crippen molar-refractivity contribution in [3.63, 3.8) is 0 Å². The van der Waals surface area contributed by atoms with Crippen LogP contribution in [0.15, 0.2) is 11.4 Å². The van der Waals surface area contributed by atoms with Crippen LogP contribution in [-0.2, 0) is 22.6 Å². The van der Waals surface area contributed by atoms with E-state index >= 15 is 0 Å². The van der Waals surface area contributed by atoms with Crippen molar-refractivity contribution >= 4 is 35.6 Å². The summed E-state index contributed by atoms with van der Waals surface area (Å²) in [6.45, 7) is 0.157. The van der Waals surface area contributed by atoms with Crippen molar-refractivity contribution in [1.82, 2.24) is 9.80 Å². The summed E-state index contributed by atoms with van der Waals surface area (Å²) in [7, 11) is 0. The number of hydrogen-bond acceptors (Lipinski definition) is 4. The van der Waals surface area contributed by atoms with Gasteiger partial charge in [0, 0.05) is 31.1 Å². The Labute approximate surface area is 152 Å². The lowest BCUT2D eigenvalue weighted by Gasteiger charge is -2.29. The normalized spacial score (nSPS) is 23.9. The van der Waals surface area contributed by atoms with Gasteiger partial charge in [0.2, 0.25) is 5.91 Å². The third-order valence-electron chi connectivity index (χ3n) is 4.65. The molecule has 0 aromatic carbocycles. The molecule has 0 unspecified atom stereocenters. The SMILES string of the molecule is Cl.O=C(O)[C@@H]1CN(CC(=O)N2CCc3sccc3C2)C[C@H]1C(F)(F)F. The van der Waals surface area contributed by atoms with E-state index in [0.29, 0.717) is 13.1 Å². The first-order chi connectivity index (χ1) is 11.3. The van der Waals surface area contributed by atoms with Gasteiger partial charge in [0.05, 0.1) is 18.4 Å². The Balaban J connectivity index is 0.00000225. The number of fused-ring (bicyclic) bond motifs is 1. The van der Waals surface area contributed by atoms with Crippen LogP contribution >= 0.6 is 23.7 Å². The highest BCUT2D eigenvalue weighted by Gasteiger charge is 2.52. The van der Waals surface area contributed by atoms with Gasteiger partial charge in [0.1, 0.15) is 0 Å². The molecule has 1 aromatic rings. The molecule has 1 amide bonds. The van der Waals surface area contributed by atoms with Gasteiger partial charge >= 0.3 is 12.1 Å². The number of carboxylic acid groups (broad SMARTS) is 1. The molecule has 0 aliphatic carbocycles. The Bertz CT molecular complexity index is 652. The van der Waals surface area contributed by atoms with Gasteiger partial charge in [-0.05, 0) is 23.4 Å². The molecule has 1 aromatic heterocycles. The number of thiophene rings is 1. The zero-order valence-electron chi connectivity index (χ0n) is 13.2. The Morgan fingerprint density at radius 1 is 1.32 bits per heavy atom. The van der Waals surface area contributed by atoms with Crippen LogP contribution in [0.2, 0.25) is 0 Å². The molecule has 3 rings (SSSR count). The van der Waals surface area contributed by atoms with Crippen LogP contribution < -0.4 is 0 Å². The fourth-order valence-electron chi connectivity index (χ4n) is 3.35. The number of nitrogens with zero attached hydrogens (tertiary/aromatic N) is 2. The van der Waals surface area contributed by atoms with Crippen molar-refractivity contribution < 1.29 is 27.9 Å². The number of carbonyl (C=O) groups is 2. The van der Waals surface area contributed by atoms with E-state index in [1.807, 2.05) is 11.4 Å². The summed E-state index contributed by atoms with van der Waals surface area (Å²) >= 11 is 1.64. The Hall–Kier alpha value is -1.32. The van der Waals surface area contributed by atoms with Crippen LogP contribution in [0.1, 0.15) is 10.4 Å². The van der Waals surface area contributed by atoms with E-state index in [-0.39, 0.29) is 31.4 Å². The largest absolute Gasteiger partial charge is 0.481 e. The molecule has 2 aliphatic heterocycles. The lowest BCUT2D eigenvalue weighted by atomic mass is 9.96. The molecule has 1 fully saturated rings. The maximum atomic E-state index is 13.0. The average molecular weight is 399 g/mol. The summed E-state index contributed by atoms with van der Waals surface area (Å²) in [6.07, 6.45) is -3.82. The summed E-state index contributed by atoms with van der Waals surface area (Å²) < 4.78 is 38.9. The van der Waals surface area contributed by atoms with Gasteiger partial charge < -0.3 is 10.0 Å². The molecule has 25 heavy (non-hydrogen) atoms. The molecule has 1 N–H and O–H groups in total. The number of halogens is 4. The van der Waals surface area contributed by atoms with Crippen molar-refractivity contribution in [3.8, 4) is 0 Å². The number of likely N-dealkylation sites (tertiary alicyclic amines) is 1. The van der Waals surface area contributed by atoms with Gasteiger partial charge in [-0.25, -0.2) is 0 Å². The quantitative estimate of drug-likeness (QED) is 0.848. The minimum atomic E-state index is -4.57. The zero-order chi connectivity index (χ0) is 17.5. The van der Waals surface area contributed by atoms with Crippen molar-refractivity contribution in [1.29, 1.82) is 0 Å². The van der Waals surface area contributed by atoms with Gasteiger partial charge in [-0.3, -0.25) is 14.5 Å². The van der Waals surface area contributed by atoms with Gasteiger partial charge in [-0.1, -0.05) is 0 Å². The van der Waals surface area contributed by atoms with Crippen LogP contribution in [0.4, 0.5) is 13.2 Å². The predicted molar refractivity (Wildman–Crippen MR) is 87.8 cm³/mol. The summed E-state index contributed by atoms with van der Waals surface area (Å²) in [5.41, 5.74) is 1.08. The number of amides is 1. The van der Waals surface area contributed by atoms with Crippen molar-refractivity contribution in [3.05, 3.63) is 21.9 Å². The molecule has 1 saturated heterocycles. The number of hydrogen-bond donors (Lipinski definition) is 1. The summed E-state index contributed by atoms with van der Waals surface area (Å²) in [5, 5.41) is 11.0. The second-order valence-electron chi connectivity index (χ2n) is 6.22. The molecular formula is C15H18ClF3N2O3S. The number of carbonyl (C=O) groups excluding carboxylic acids is 1. The lowest BCUT2D eigenvalue weighted by Crippen LogP contribution is -2.42. The molecule has 10 heteroatoms. The predicted octanol–water partition coefficient (Wildman–Crippen LogP) is 2.25. The van der Waals surface area contributed by atoms with Crippen LogP contribution in [0.3, 0.4) is 0 Å². The molecule has 0 saturated carbocycles. The molecule has 140 valence electrons. The first kappa shape index (κ1) is 20.0. The summed E-state index contributed by atoms with van der Waals surface area (Å²) in [5.74, 6) is -5.15. The average Bonchev–Trinajstić information content (AvgIpc) is 3.11. The zero-order valence-corrected chi connectivity index (χ0v) is 14.8. The molecular weight excluding hydrogens is 381 g/mol. The minimum Gasteiger partial charge on any atom is -0.481 e. The van der Waals surface area contributed by atoms with E-state index < -0.39 is 30.5 Å². The van der Waals surface area contributed by atoms with Crippen molar-refractivity contribution in [2.75, 3.05) is 26.2 Å². The van der Waals surface area contributed by atoms with Crippen LogP contribution in [0, 0.1) is 11.8 Å². The van der Waals surface area contributed by atoms with Gasteiger partial charge in [0.25, 0.3) is 0 Å². The molecule has 0 radical (unpaired) electrons. The van der Waals surface area contributed by atoms with E-state index in [1.165, 1.54) is 9.78 Å². The van der Waals surface area contributed by atoms with E-state index in [0.717, 1.165) is 12.0 Å². The fraction of sp³-hybridized carbons (Fsp3) is 0.600. The van der Waals surface area contributed by atoms with Crippen molar-refractivity contribution in [2.45, 2.75) is 19.1 Å². The first-order valence-corrected chi connectivity index (χ1v) is 8.48. The molecule has 5 nitrogen and oxygen atoms in total. The van der Waals surface area contributed by atoms with Gasteiger partial charge in [-0.2, -0.15) is 13.2 Å². The third-order valence-corrected chi connectivity index (χ3v) is 5.68. The van der Waals surface area contributed by atoms with E-state index in [2.05, 4.69) is 0 Å². The highest BCUT2D eigenvalue weighted by molar-refractivity contribution is 7.10. The number of aliphatic carboxylic acids is 1. The molecule has 0 bridgehead atoms. The summed E-state index contributed by atoms with van der Waals surface area (Å²) in [6, 6.07) is 1.95. The van der Waals surface area contributed by atoms with E-state index in [9.17, 15) is 22.8 Å². The highest BCUT2D eigenvalue weighted by Crippen LogP contribution is 2.37. The minimum absolute atomic E-state index is 0. The molecule has 0 spiro atoms. The third kappa shape index (κ3) is 4.27. The standard InChI is InChI=1S/C15H17F3N2O3S.ClH/c16-15(17,18)11-7-19(6-10(11)14(22)23)8-13(21)20-3-1-12-9(5-20)2-4-24-12;/h2,4,10-11H,1,3,5-8H2,(H,22,23);1H/t10-,11-;/m1./s1. The fourth-order valence-corrected chi connectivity index (χ4v) is 4.24. The monoisotopic (exact) mass is 398 g/mol. The van der Waals surface area contributed by atoms with Crippen LogP contribution in [-0.4, -0.2) is 59.1 Å². The number of carboxylic acids is 1. The van der Waals surface area contributed by atoms with Crippen molar-refractivity contribution in [2.24, 2.45) is 11.8 Å². The topological polar surface area (TPSA) is 60.9 Å². The number of rotatable bonds is 3. The second kappa shape index (κ2) is 7.51. The molecule has 2 aliphatic rings. The molecule has 2 atom stereocenters. The van der Waals surface area contributed by atoms with Gasteiger partial charge in [-0.15, -0.1) is 23.7 Å². The van der Waals surface area contributed by atoms with E-state index in [4.69, 9.17) is 5.11 Å². The Morgan fingerprint density at radius 2 is 2.04 bits per heavy atom. The second-order valence-corrected chi connectivity index (χ2v) is 7.22. The maximum absolute atomic E-state index is 13.0. The van der Waals surface area contributed by atoms with Crippen LogP contribution in [0.25, 0.3) is 0 Å². The Morgan fingerprint density at radius 3 is 2.64 bits per heavy atom. The highest BCUT2D eigenvalue weighted by atomic mass is 35.5. The lowest BCUT2D eigenvalue weighted by molar-refractivity contribution is -0.188. The maximum Gasteiger partial charge on any atom is 0.393 e. The molecule has 3 heterocycles. The van der Waals surface area contributed by atoms with E-state index in [1.54, 1.807) is 16.2 Å². The van der Waals surface area contributed by atoms with Gasteiger partial charge in [0.15, 0.2) is 0 Å². The van der Waals surface area contributed by atoms with Crippen LogP contribution in [0.5, 0.6) is 0 Å². The number of alkyl halides is 3. The Kier molecular flexibility index (Phi) is 6.01. The summed E-state index contributed by atoms with van der Waals surface area (Å²) in [4.78, 5) is 27.6.